The lowest BCUT2D eigenvalue weighted by atomic mass is 10.0. The monoisotopic (exact) mass is 448 g/mol. The Balaban J connectivity index is 3.61. The Morgan fingerprint density at radius 2 is 1.43 bits per heavy atom. The standard InChI is InChI=1S/C20H41ClN2O3Si2/c1-12-13-14(21)16(24)15-17(25)23(28(10,11)20(5,6)7)18(26)22(15)27(8,9)19(2,3)4/h14-16,24H,12-13H2,1-11H3. The fraction of sp³-hybridized carbons (Fsp3) is 0.900. The van der Waals surface area contributed by atoms with E-state index in [9.17, 15) is 14.7 Å². The van der Waals surface area contributed by atoms with Crippen molar-refractivity contribution in [2.75, 3.05) is 0 Å². The van der Waals surface area contributed by atoms with E-state index in [1.54, 1.807) is 4.57 Å². The molecular formula is C20H41ClN2O3Si2. The Bertz CT molecular complexity index is 612. The first-order valence-corrected chi connectivity index (χ1v) is 16.7. The van der Waals surface area contributed by atoms with E-state index in [1.807, 2.05) is 6.92 Å². The molecule has 0 aromatic heterocycles. The molecule has 0 radical (unpaired) electrons. The summed E-state index contributed by atoms with van der Waals surface area (Å²) < 4.78 is 3.28. The first kappa shape index (κ1) is 25.7. The predicted octanol–water partition coefficient (Wildman–Crippen LogP) is 5.40. The van der Waals surface area contributed by atoms with Gasteiger partial charge in [0.25, 0.3) is 0 Å². The van der Waals surface area contributed by atoms with E-state index in [0.717, 1.165) is 6.42 Å². The summed E-state index contributed by atoms with van der Waals surface area (Å²) in [6.07, 6.45) is 0.347. The summed E-state index contributed by atoms with van der Waals surface area (Å²) in [5, 5.41) is 10.2. The van der Waals surface area contributed by atoms with Crippen LogP contribution in [0.2, 0.25) is 36.3 Å². The number of rotatable bonds is 6. The van der Waals surface area contributed by atoms with Crippen LogP contribution in [0.25, 0.3) is 0 Å². The summed E-state index contributed by atoms with van der Waals surface area (Å²) in [6, 6.07) is -1.12. The highest BCUT2D eigenvalue weighted by molar-refractivity contribution is 6.85. The molecule has 1 rings (SSSR count). The quantitative estimate of drug-likeness (QED) is 0.336. The Hall–Kier alpha value is -0.376. The van der Waals surface area contributed by atoms with Gasteiger partial charge in [-0.1, -0.05) is 81.1 Å². The van der Waals surface area contributed by atoms with E-state index in [2.05, 4.69) is 67.7 Å². The molecule has 1 aliphatic heterocycles. The topological polar surface area (TPSA) is 60.9 Å². The fourth-order valence-corrected chi connectivity index (χ4v) is 7.96. The van der Waals surface area contributed by atoms with E-state index >= 15 is 0 Å². The maximum atomic E-state index is 13.7. The minimum absolute atomic E-state index is 0.156. The number of imide groups is 1. The molecule has 1 fully saturated rings. The molecule has 1 N–H and O–H groups in total. The van der Waals surface area contributed by atoms with E-state index in [-0.39, 0.29) is 22.0 Å². The number of aliphatic hydroxyl groups is 1. The number of hydrogen-bond acceptors (Lipinski definition) is 3. The maximum absolute atomic E-state index is 13.7. The largest absolute Gasteiger partial charge is 0.389 e. The summed E-state index contributed by atoms with van der Waals surface area (Å²) in [7, 11) is -4.88. The first-order chi connectivity index (χ1) is 12.3. The molecule has 3 atom stereocenters. The second-order valence-electron chi connectivity index (χ2n) is 11.2. The van der Waals surface area contributed by atoms with Gasteiger partial charge in [0.1, 0.15) is 6.04 Å². The average Bonchev–Trinajstić information content (AvgIpc) is 2.76. The van der Waals surface area contributed by atoms with Crippen molar-refractivity contribution in [2.24, 2.45) is 0 Å². The van der Waals surface area contributed by atoms with Crippen LogP contribution >= 0.6 is 11.6 Å². The zero-order valence-corrected chi connectivity index (χ0v) is 22.4. The summed E-state index contributed by atoms with van der Waals surface area (Å²) in [6.45, 7) is 22.9. The number of carbonyl (C=O) groups is 2. The third-order valence-electron chi connectivity index (χ3n) is 7.24. The third-order valence-corrected chi connectivity index (χ3v) is 18.3. The van der Waals surface area contributed by atoms with Crippen LogP contribution in [-0.2, 0) is 4.79 Å². The fourth-order valence-electron chi connectivity index (χ4n) is 3.31. The van der Waals surface area contributed by atoms with Crippen molar-refractivity contribution in [3.63, 3.8) is 0 Å². The van der Waals surface area contributed by atoms with E-state index in [0.29, 0.717) is 6.42 Å². The van der Waals surface area contributed by atoms with E-state index < -0.39 is 34.0 Å². The van der Waals surface area contributed by atoms with Crippen LogP contribution in [0.15, 0.2) is 0 Å². The summed E-state index contributed by atoms with van der Waals surface area (Å²) in [5.74, 6) is -0.268. The van der Waals surface area contributed by atoms with Crippen LogP contribution in [0, 0.1) is 0 Å². The molecule has 28 heavy (non-hydrogen) atoms. The molecule has 0 aromatic carbocycles. The number of aliphatic hydroxyl groups excluding tert-OH is 1. The molecule has 1 heterocycles. The Labute approximate surface area is 179 Å². The third kappa shape index (κ3) is 4.23. The number of hydrogen-bond donors (Lipinski definition) is 1. The number of halogens is 1. The van der Waals surface area contributed by atoms with Gasteiger partial charge in [-0.3, -0.25) is 9.36 Å². The van der Waals surface area contributed by atoms with Crippen LogP contribution in [0.5, 0.6) is 0 Å². The zero-order chi connectivity index (χ0) is 22.5. The highest BCUT2D eigenvalue weighted by Crippen LogP contribution is 2.47. The van der Waals surface area contributed by atoms with Gasteiger partial charge in [0.05, 0.1) is 11.5 Å². The van der Waals surface area contributed by atoms with Gasteiger partial charge in [-0.05, 0) is 16.5 Å². The van der Waals surface area contributed by atoms with Gasteiger partial charge >= 0.3 is 6.03 Å². The molecule has 164 valence electrons. The molecule has 3 amide bonds. The zero-order valence-electron chi connectivity index (χ0n) is 19.7. The lowest BCUT2D eigenvalue weighted by Gasteiger charge is -2.47. The van der Waals surface area contributed by atoms with Crippen molar-refractivity contribution < 1.29 is 14.7 Å². The summed E-state index contributed by atoms with van der Waals surface area (Å²) in [5.41, 5.74) is 0. The first-order valence-electron chi connectivity index (χ1n) is 10.3. The average molecular weight is 449 g/mol. The Morgan fingerprint density at radius 1 is 1.00 bits per heavy atom. The van der Waals surface area contributed by atoms with Gasteiger partial charge in [-0.2, -0.15) is 0 Å². The second kappa shape index (κ2) is 8.04. The Kier molecular flexibility index (Phi) is 7.37. The van der Waals surface area contributed by atoms with E-state index in [1.165, 1.54) is 4.57 Å². The molecule has 8 heteroatoms. The van der Waals surface area contributed by atoms with Crippen LogP contribution < -0.4 is 0 Å². The van der Waals surface area contributed by atoms with Crippen molar-refractivity contribution in [1.82, 2.24) is 9.13 Å². The van der Waals surface area contributed by atoms with Crippen molar-refractivity contribution in [2.45, 2.75) is 115 Å². The van der Waals surface area contributed by atoms with Gasteiger partial charge in [-0.15, -0.1) is 11.6 Å². The van der Waals surface area contributed by atoms with Gasteiger partial charge in [0.15, 0.2) is 16.5 Å². The molecule has 0 spiro atoms. The molecule has 5 nitrogen and oxygen atoms in total. The van der Waals surface area contributed by atoms with Crippen LogP contribution in [-0.4, -0.2) is 60.2 Å². The summed E-state index contributed by atoms with van der Waals surface area (Å²) in [4.78, 5) is 27.4. The molecule has 0 saturated carbocycles. The maximum Gasteiger partial charge on any atom is 0.311 e. The normalized spacial score (nSPS) is 22.1. The van der Waals surface area contributed by atoms with Crippen LogP contribution in [0.4, 0.5) is 4.79 Å². The highest BCUT2D eigenvalue weighted by Gasteiger charge is 2.62. The number of alkyl halides is 1. The highest BCUT2D eigenvalue weighted by atomic mass is 35.5. The molecule has 1 saturated heterocycles. The Morgan fingerprint density at radius 3 is 1.79 bits per heavy atom. The lowest BCUT2D eigenvalue weighted by molar-refractivity contribution is -0.128. The smallest absolute Gasteiger partial charge is 0.311 e. The molecule has 3 unspecified atom stereocenters. The van der Waals surface area contributed by atoms with Crippen molar-refractivity contribution >= 4 is 40.0 Å². The molecule has 1 aliphatic rings. The van der Waals surface area contributed by atoms with Gasteiger partial charge in [0.2, 0.25) is 5.91 Å². The minimum atomic E-state index is -2.46. The van der Waals surface area contributed by atoms with Crippen molar-refractivity contribution in [3.05, 3.63) is 0 Å². The molecule has 0 bridgehead atoms. The molecular weight excluding hydrogens is 408 g/mol. The van der Waals surface area contributed by atoms with E-state index in [4.69, 9.17) is 11.6 Å². The number of carbonyl (C=O) groups excluding carboxylic acids is 2. The van der Waals surface area contributed by atoms with Gasteiger partial charge in [-0.25, -0.2) is 4.79 Å². The van der Waals surface area contributed by atoms with Crippen LogP contribution in [0.1, 0.15) is 61.3 Å². The summed E-state index contributed by atoms with van der Waals surface area (Å²) >= 11 is 6.47. The minimum Gasteiger partial charge on any atom is -0.389 e. The SMILES string of the molecule is CCCC(Cl)C(O)C1C(=O)N([Si](C)(C)C(C)(C)C)C(=O)N1[Si](C)(C)C(C)(C)C. The van der Waals surface area contributed by atoms with Crippen LogP contribution in [0.3, 0.4) is 0 Å². The molecule has 0 aromatic rings. The predicted molar refractivity (Wildman–Crippen MR) is 123 cm³/mol. The molecule has 0 aliphatic carbocycles. The van der Waals surface area contributed by atoms with Crippen molar-refractivity contribution in [1.29, 1.82) is 0 Å². The number of urea groups is 1. The lowest BCUT2D eigenvalue weighted by Crippen LogP contribution is -2.63. The van der Waals surface area contributed by atoms with Gasteiger partial charge < -0.3 is 9.67 Å². The second-order valence-corrected chi connectivity index (χ2v) is 21.9. The van der Waals surface area contributed by atoms with Crippen molar-refractivity contribution in [3.8, 4) is 0 Å². The van der Waals surface area contributed by atoms with Gasteiger partial charge in [0, 0.05) is 0 Å². The number of amides is 3. The number of nitrogens with zero attached hydrogens (tertiary/aromatic N) is 2.